The van der Waals surface area contributed by atoms with Gasteiger partial charge in [0.05, 0.1) is 0 Å². The topological polar surface area (TPSA) is 46.3 Å². The zero-order valence-electron chi connectivity index (χ0n) is 16.8. The highest BCUT2D eigenvalue weighted by Gasteiger charge is 2.26. The average molecular weight is 419 g/mol. The Morgan fingerprint density at radius 1 is 1.07 bits per heavy atom. The van der Waals surface area contributed by atoms with Gasteiger partial charge in [-0.3, -0.25) is 4.79 Å². The second-order valence-electron chi connectivity index (χ2n) is 7.20. The van der Waals surface area contributed by atoms with Crippen molar-refractivity contribution in [2.45, 2.75) is 50.1 Å². The summed E-state index contributed by atoms with van der Waals surface area (Å²) in [6.45, 7) is 3.19. The molecule has 0 aromatic heterocycles. The van der Waals surface area contributed by atoms with Crippen molar-refractivity contribution in [3.63, 3.8) is 0 Å². The third-order valence-corrected chi connectivity index (χ3v) is 6.24. The van der Waals surface area contributed by atoms with E-state index < -0.39 is 0 Å². The van der Waals surface area contributed by atoms with Crippen molar-refractivity contribution in [1.82, 2.24) is 4.90 Å². The monoisotopic (exact) mass is 418 g/mol. The van der Waals surface area contributed by atoms with Crippen LogP contribution in [0.5, 0.6) is 0 Å². The van der Waals surface area contributed by atoms with Crippen LogP contribution in [-0.2, 0) is 11.3 Å². The largest absolute Gasteiger partial charge is 0.336 e. The standard InChI is InChI=1S/C17H26N2OS.C6H5Cl/c1-13(20)19(16-7-3-14(11-18)4-8-16)12-15-5-9-17(21-2)10-6-15;7-6-4-2-1-3-5-6/h5-6,9-10,14,16H,3-4,7-8,11-12,18H2,1-2H3;1-5H. The molecule has 2 N–H and O–H groups in total. The molecule has 1 aliphatic carbocycles. The van der Waals surface area contributed by atoms with E-state index in [1.807, 2.05) is 35.2 Å². The molecular formula is C23H31ClN2OS. The number of nitrogens with two attached hydrogens (primary N) is 1. The molecule has 3 nitrogen and oxygen atoms in total. The summed E-state index contributed by atoms with van der Waals surface area (Å²) < 4.78 is 0. The fourth-order valence-corrected chi connectivity index (χ4v) is 4.09. The van der Waals surface area contributed by atoms with E-state index in [9.17, 15) is 4.79 Å². The van der Waals surface area contributed by atoms with Crippen LogP contribution in [0.25, 0.3) is 0 Å². The van der Waals surface area contributed by atoms with Crippen LogP contribution in [0.15, 0.2) is 59.5 Å². The Balaban J connectivity index is 0.000000336. The van der Waals surface area contributed by atoms with Crippen molar-refractivity contribution in [3.8, 4) is 0 Å². The minimum atomic E-state index is 0.181. The Labute approximate surface area is 178 Å². The van der Waals surface area contributed by atoms with E-state index >= 15 is 0 Å². The first-order valence-corrected chi connectivity index (χ1v) is 11.4. The molecule has 0 radical (unpaired) electrons. The predicted octanol–water partition coefficient (Wildman–Crippen LogP) is 5.61. The van der Waals surface area contributed by atoms with Gasteiger partial charge >= 0.3 is 0 Å². The smallest absolute Gasteiger partial charge is 0.219 e. The zero-order chi connectivity index (χ0) is 20.4. The molecule has 0 unspecified atom stereocenters. The summed E-state index contributed by atoms with van der Waals surface area (Å²) in [5.41, 5.74) is 6.96. The van der Waals surface area contributed by atoms with Crippen LogP contribution < -0.4 is 5.73 Å². The van der Waals surface area contributed by atoms with Gasteiger partial charge in [0, 0.05) is 29.4 Å². The first-order valence-electron chi connectivity index (χ1n) is 9.84. The third kappa shape index (κ3) is 7.50. The summed E-state index contributed by atoms with van der Waals surface area (Å²) in [5.74, 6) is 0.830. The minimum Gasteiger partial charge on any atom is -0.336 e. The summed E-state index contributed by atoms with van der Waals surface area (Å²) in [6.07, 6.45) is 6.55. The second kappa shape index (κ2) is 12.2. The van der Waals surface area contributed by atoms with E-state index in [1.165, 1.54) is 10.5 Å². The number of carbonyl (C=O) groups excluding carboxylic acids is 1. The molecule has 152 valence electrons. The number of amides is 1. The van der Waals surface area contributed by atoms with Crippen molar-refractivity contribution >= 4 is 29.3 Å². The maximum absolute atomic E-state index is 12.0. The van der Waals surface area contributed by atoms with Gasteiger partial charge in [0.25, 0.3) is 0 Å². The predicted molar refractivity (Wildman–Crippen MR) is 121 cm³/mol. The molecule has 1 amide bonds. The van der Waals surface area contributed by atoms with Crippen molar-refractivity contribution in [1.29, 1.82) is 0 Å². The summed E-state index contributed by atoms with van der Waals surface area (Å²) in [7, 11) is 0. The van der Waals surface area contributed by atoms with Gasteiger partial charge in [-0.15, -0.1) is 11.8 Å². The molecule has 1 fully saturated rings. The van der Waals surface area contributed by atoms with Gasteiger partial charge in [0.15, 0.2) is 0 Å². The molecular weight excluding hydrogens is 388 g/mol. The highest BCUT2D eigenvalue weighted by atomic mass is 35.5. The summed E-state index contributed by atoms with van der Waals surface area (Å²) >= 11 is 7.28. The maximum Gasteiger partial charge on any atom is 0.219 e. The second-order valence-corrected chi connectivity index (χ2v) is 8.52. The number of carbonyl (C=O) groups is 1. The molecule has 0 heterocycles. The Bertz CT molecular complexity index is 700. The number of hydrogen-bond donors (Lipinski definition) is 1. The van der Waals surface area contributed by atoms with E-state index in [0.717, 1.165) is 43.8 Å². The van der Waals surface area contributed by atoms with Crippen LogP contribution in [-0.4, -0.2) is 29.6 Å². The van der Waals surface area contributed by atoms with Gasteiger partial charge in [-0.25, -0.2) is 0 Å². The lowest BCUT2D eigenvalue weighted by Crippen LogP contribution is -2.41. The Kier molecular flexibility index (Phi) is 9.89. The van der Waals surface area contributed by atoms with Gasteiger partial charge < -0.3 is 10.6 Å². The van der Waals surface area contributed by atoms with Gasteiger partial charge in [0.1, 0.15) is 0 Å². The molecule has 2 aromatic rings. The zero-order valence-corrected chi connectivity index (χ0v) is 18.4. The molecule has 2 aromatic carbocycles. The first kappa shape index (κ1) is 22.8. The molecule has 1 aliphatic rings. The lowest BCUT2D eigenvalue weighted by Gasteiger charge is -2.36. The number of rotatable bonds is 5. The van der Waals surface area contributed by atoms with E-state index in [2.05, 4.69) is 30.5 Å². The lowest BCUT2D eigenvalue weighted by atomic mass is 9.85. The van der Waals surface area contributed by atoms with Crippen molar-refractivity contribution in [2.24, 2.45) is 11.7 Å². The number of nitrogens with zero attached hydrogens (tertiary/aromatic N) is 1. The Morgan fingerprint density at radius 3 is 2.11 bits per heavy atom. The Morgan fingerprint density at radius 2 is 1.68 bits per heavy atom. The molecule has 5 heteroatoms. The average Bonchev–Trinajstić information content (AvgIpc) is 2.73. The van der Waals surface area contributed by atoms with Crippen molar-refractivity contribution < 1.29 is 4.79 Å². The quantitative estimate of drug-likeness (QED) is 0.641. The summed E-state index contributed by atoms with van der Waals surface area (Å²) in [6, 6.07) is 18.3. The molecule has 28 heavy (non-hydrogen) atoms. The highest BCUT2D eigenvalue weighted by molar-refractivity contribution is 7.98. The molecule has 0 spiro atoms. The van der Waals surface area contributed by atoms with Gasteiger partial charge in [-0.05, 0) is 74.2 Å². The van der Waals surface area contributed by atoms with E-state index in [0.29, 0.717) is 12.0 Å². The number of thioether (sulfide) groups is 1. The van der Waals surface area contributed by atoms with Crippen molar-refractivity contribution in [2.75, 3.05) is 12.8 Å². The van der Waals surface area contributed by atoms with E-state index in [-0.39, 0.29) is 5.91 Å². The van der Waals surface area contributed by atoms with Gasteiger partial charge in [0.2, 0.25) is 5.91 Å². The maximum atomic E-state index is 12.0. The van der Waals surface area contributed by atoms with Crippen LogP contribution in [0.2, 0.25) is 5.02 Å². The SMILES string of the molecule is CSc1ccc(CN(C(C)=O)C2CCC(CN)CC2)cc1.Clc1ccccc1. The first-order chi connectivity index (χ1) is 13.5. The number of benzene rings is 2. The van der Waals surface area contributed by atoms with E-state index in [1.54, 1.807) is 18.7 Å². The molecule has 0 saturated heterocycles. The third-order valence-electron chi connectivity index (χ3n) is 5.24. The molecule has 0 atom stereocenters. The lowest BCUT2D eigenvalue weighted by molar-refractivity contribution is -0.132. The van der Waals surface area contributed by atoms with Crippen molar-refractivity contribution in [3.05, 3.63) is 65.2 Å². The highest BCUT2D eigenvalue weighted by Crippen LogP contribution is 2.28. The van der Waals surface area contributed by atoms with Crippen LogP contribution in [0.3, 0.4) is 0 Å². The molecule has 0 aliphatic heterocycles. The normalized spacial score (nSPS) is 18.7. The number of hydrogen-bond acceptors (Lipinski definition) is 3. The van der Waals surface area contributed by atoms with E-state index in [4.69, 9.17) is 17.3 Å². The van der Waals surface area contributed by atoms with Crippen LogP contribution in [0, 0.1) is 5.92 Å². The van der Waals surface area contributed by atoms with Crippen LogP contribution in [0.4, 0.5) is 0 Å². The fraction of sp³-hybridized carbons (Fsp3) is 0.435. The fourth-order valence-electron chi connectivity index (χ4n) is 3.53. The van der Waals surface area contributed by atoms with Gasteiger partial charge in [-0.1, -0.05) is 41.9 Å². The van der Waals surface area contributed by atoms with Gasteiger partial charge in [-0.2, -0.15) is 0 Å². The summed E-state index contributed by atoms with van der Waals surface area (Å²) in [5, 5.41) is 0.794. The van der Waals surface area contributed by atoms with Crippen LogP contribution >= 0.6 is 23.4 Å². The number of halogens is 1. The molecule has 3 rings (SSSR count). The summed E-state index contributed by atoms with van der Waals surface area (Å²) in [4.78, 5) is 15.3. The Hall–Kier alpha value is -1.49. The minimum absolute atomic E-state index is 0.181. The molecule has 1 saturated carbocycles. The molecule has 0 bridgehead atoms. The van der Waals surface area contributed by atoms with Crippen LogP contribution in [0.1, 0.15) is 38.2 Å².